The van der Waals surface area contributed by atoms with E-state index in [1.165, 1.54) is 0 Å². The minimum Gasteiger partial charge on any atom is -0.493 e. The highest BCUT2D eigenvalue weighted by Crippen LogP contribution is 2.25. The topological polar surface area (TPSA) is 64.8 Å². The molecular formula is C14H22N2O3. The molecule has 5 heteroatoms. The smallest absolute Gasteiger partial charge is 0.260 e. The summed E-state index contributed by atoms with van der Waals surface area (Å²) < 4.78 is 10.6. The van der Waals surface area contributed by atoms with Gasteiger partial charge in [-0.2, -0.15) is 0 Å². The molecule has 0 bridgehead atoms. The van der Waals surface area contributed by atoms with Gasteiger partial charge in [0.15, 0.2) is 18.1 Å². The van der Waals surface area contributed by atoms with Gasteiger partial charge in [0.25, 0.3) is 5.91 Å². The predicted octanol–water partition coefficient (Wildman–Crippen LogP) is 1.13. The van der Waals surface area contributed by atoms with Gasteiger partial charge in [0.1, 0.15) is 0 Å². The molecular weight excluding hydrogens is 244 g/mol. The number of benzene rings is 1. The van der Waals surface area contributed by atoms with Crippen LogP contribution in [0.5, 0.6) is 11.5 Å². The fourth-order valence-electron chi connectivity index (χ4n) is 1.63. The Hall–Kier alpha value is -1.75. The second-order valence-electron chi connectivity index (χ2n) is 4.55. The highest BCUT2D eigenvalue weighted by atomic mass is 16.5. The Balaban J connectivity index is 2.49. The van der Waals surface area contributed by atoms with Crippen LogP contribution in [0.25, 0.3) is 0 Å². The van der Waals surface area contributed by atoms with E-state index in [-0.39, 0.29) is 18.4 Å². The van der Waals surface area contributed by atoms with E-state index in [4.69, 9.17) is 15.2 Å². The molecule has 0 aromatic heterocycles. The van der Waals surface area contributed by atoms with Gasteiger partial charge in [0.2, 0.25) is 0 Å². The van der Waals surface area contributed by atoms with Gasteiger partial charge >= 0.3 is 0 Å². The molecule has 0 saturated heterocycles. The van der Waals surface area contributed by atoms with Crippen molar-refractivity contribution in [3.05, 3.63) is 24.3 Å². The van der Waals surface area contributed by atoms with Crippen molar-refractivity contribution in [3.63, 3.8) is 0 Å². The largest absolute Gasteiger partial charge is 0.493 e. The van der Waals surface area contributed by atoms with Gasteiger partial charge in [-0.25, -0.2) is 0 Å². The zero-order chi connectivity index (χ0) is 14.3. The number of likely N-dealkylation sites (N-methyl/N-ethyl adjacent to an activating group) is 1. The maximum absolute atomic E-state index is 11.9. The van der Waals surface area contributed by atoms with E-state index in [9.17, 15) is 4.79 Å². The summed E-state index contributed by atoms with van der Waals surface area (Å²) in [6, 6.07) is 7.25. The van der Waals surface area contributed by atoms with E-state index in [0.717, 1.165) is 0 Å². The molecule has 106 valence electrons. The molecule has 0 fully saturated rings. The SMILES string of the molecule is COc1ccccc1OCC(=O)N(C)CC(C)CN. The molecule has 0 aliphatic carbocycles. The van der Waals surface area contributed by atoms with E-state index in [1.54, 1.807) is 31.2 Å². The van der Waals surface area contributed by atoms with E-state index >= 15 is 0 Å². The van der Waals surface area contributed by atoms with Crippen molar-refractivity contribution in [1.82, 2.24) is 4.90 Å². The van der Waals surface area contributed by atoms with Crippen molar-refractivity contribution in [2.75, 3.05) is 33.9 Å². The number of methoxy groups -OCH3 is 1. The first-order chi connectivity index (χ1) is 9.08. The maximum atomic E-state index is 11.9. The molecule has 0 spiro atoms. The van der Waals surface area contributed by atoms with Gasteiger partial charge in [-0.15, -0.1) is 0 Å². The second-order valence-corrected chi connectivity index (χ2v) is 4.55. The molecule has 0 heterocycles. The lowest BCUT2D eigenvalue weighted by atomic mass is 10.2. The molecule has 0 saturated carbocycles. The van der Waals surface area contributed by atoms with Crippen molar-refractivity contribution in [2.45, 2.75) is 6.92 Å². The van der Waals surface area contributed by atoms with Gasteiger partial charge in [0.05, 0.1) is 7.11 Å². The van der Waals surface area contributed by atoms with Crippen molar-refractivity contribution in [2.24, 2.45) is 11.7 Å². The van der Waals surface area contributed by atoms with E-state index < -0.39 is 0 Å². The van der Waals surface area contributed by atoms with Crippen molar-refractivity contribution in [1.29, 1.82) is 0 Å². The Morgan fingerprint density at radius 3 is 2.58 bits per heavy atom. The molecule has 1 rings (SSSR count). The molecule has 19 heavy (non-hydrogen) atoms. The molecule has 1 aromatic carbocycles. The van der Waals surface area contributed by atoms with Gasteiger partial charge in [0, 0.05) is 13.6 Å². The number of nitrogens with zero attached hydrogens (tertiary/aromatic N) is 1. The average molecular weight is 266 g/mol. The zero-order valence-corrected chi connectivity index (χ0v) is 11.8. The Morgan fingerprint density at radius 2 is 2.00 bits per heavy atom. The molecule has 2 N–H and O–H groups in total. The normalized spacial score (nSPS) is 11.8. The lowest BCUT2D eigenvalue weighted by Crippen LogP contribution is -2.36. The lowest BCUT2D eigenvalue weighted by molar-refractivity contribution is -0.132. The summed E-state index contributed by atoms with van der Waals surface area (Å²) in [5, 5.41) is 0. The number of rotatable bonds is 7. The van der Waals surface area contributed by atoms with Gasteiger partial charge in [-0.3, -0.25) is 4.79 Å². The Morgan fingerprint density at radius 1 is 1.37 bits per heavy atom. The third-order valence-electron chi connectivity index (χ3n) is 2.83. The first kappa shape index (κ1) is 15.3. The predicted molar refractivity (Wildman–Crippen MR) is 74.3 cm³/mol. The molecule has 0 aliphatic rings. The van der Waals surface area contributed by atoms with Gasteiger partial charge in [-0.05, 0) is 24.6 Å². The Bertz CT molecular complexity index is 409. The third kappa shape index (κ3) is 4.79. The van der Waals surface area contributed by atoms with Gasteiger partial charge < -0.3 is 20.1 Å². The number of hydrogen-bond acceptors (Lipinski definition) is 4. The zero-order valence-electron chi connectivity index (χ0n) is 11.8. The molecule has 1 atom stereocenters. The number of para-hydroxylation sites is 2. The summed E-state index contributed by atoms with van der Waals surface area (Å²) in [7, 11) is 3.32. The molecule has 0 aliphatic heterocycles. The highest BCUT2D eigenvalue weighted by molar-refractivity contribution is 5.77. The van der Waals surface area contributed by atoms with Crippen molar-refractivity contribution in [3.8, 4) is 11.5 Å². The van der Waals surface area contributed by atoms with Crippen LogP contribution in [-0.4, -0.2) is 44.7 Å². The quantitative estimate of drug-likeness (QED) is 0.803. The molecule has 1 unspecified atom stereocenters. The second kappa shape index (κ2) is 7.63. The van der Waals surface area contributed by atoms with Crippen molar-refractivity contribution >= 4 is 5.91 Å². The van der Waals surface area contributed by atoms with E-state index in [2.05, 4.69) is 0 Å². The van der Waals surface area contributed by atoms with E-state index in [1.807, 2.05) is 19.1 Å². The number of hydrogen-bond donors (Lipinski definition) is 1. The molecule has 5 nitrogen and oxygen atoms in total. The van der Waals surface area contributed by atoms with Crippen molar-refractivity contribution < 1.29 is 14.3 Å². The minimum absolute atomic E-state index is 0.00579. The maximum Gasteiger partial charge on any atom is 0.260 e. The molecule has 1 aromatic rings. The summed E-state index contributed by atoms with van der Waals surface area (Å²) in [6.07, 6.45) is 0. The highest BCUT2D eigenvalue weighted by Gasteiger charge is 2.13. The summed E-state index contributed by atoms with van der Waals surface area (Å²) in [5.74, 6) is 1.39. The fraction of sp³-hybridized carbons (Fsp3) is 0.500. The molecule has 1 amide bonds. The van der Waals surface area contributed by atoms with Crippen LogP contribution in [0.1, 0.15) is 6.92 Å². The van der Waals surface area contributed by atoms with Gasteiger partial charge in [-0.1, -0.05) is 19.1 Å². The summed E-state index contributed by atoms with van der Waals surface area (Å²) in [6.45, 7) is 3.19. The number of amides is 1. The fourth-order valence-corrected chi connectivity index (χ4v) is 1.63. The van der Waals surface area contributed by atoms with Crippen LogP contribution >= 0.6 is 0 Å². The van der Waals surface area contributed by atoms with Crippen LogP contribution < -0.4 is 15.2 Å². The standard InChI is InChI=1S/C14H22N2O3/c1-11(8-15)9-16(2)14(17)10-19-13-7-5-4-6-12(13)18-3/h4-7,11H,8-10,15H2,1-3H3. The Kier molecular flexibility index (Phi) is 6.15. The van der Waals surface area contributed by atoms with Crippen LogP contribution in [0.15, 0.2) is 24.3 Å². The lowest BCUT2D eigenvalue weighted by Gasteiger charge is -2.21. The van der Waals surface area contributed by atoms with Crippen LogP contribution in [0.3, 0.4) is 0 Å². The first-order valence-electron chi connectivity index (χ1n) is 6.28. The number of nitrogens with two attached hydrogens (primary N) is 1. The molecule has 0 radical (unpaired) electrons. The van der Waals surface area contributed by atoms with Crippen LogP contribution in [-0.2, 0) is 4.79 Å². The van der Waals surface area contributed by atoms with E-state index in [0.29, 0.717) is 24.6 Å². The van der Waals surface area contributed by atoms with Crippen LogP contribution in [0, 0.1) is 5.92 Å². The summed E-state index contributed by atoms with van der Waals surface area (Å²) in [5.41, 5.74) is 5.54. The minimum atomic E-state index is -0.0776. The summed E-state index contributed by atoms with van der Waals surface area (Å²) >= 11 is 0. The summed E-state index contributed by atoms with van der Waals surface area (Å²) in [4.78, 5) is 13.5. The number of carbonyl (C=O) groups is 1. The van der Waals surface area contributed by atoms with Crippen LogP contribution in [0.2, 0.25) is 0 Å². The monoisotopic (exact) mass is 266 g/mol. The number of ether oxygens (including phenoxy) is 2. The Labute approximate surface area is 114 Å². The average Bonchev–Trinajstić information content (AvgIpc) is 2.44. The first-order valence-corrected chi connectivity index (χ1v) is 6.28. The number of carbonyl (C=O) groups excluding carboxylic acids is 1. The third-order valence-corrected chi connectivity index (χ3v) is 2.83. The van der Waals surface area contributed by atoms with Crippen LogP contribution in [0.4, 0.5) is 0 Å².